The molecule has 2 rings (SSSR count). The Hall–Kier alpha value is -1.77. The van der Waals surface area contributed by atoms with Crippen LogP contribution < -0.4 is 0 Å². The molecule has 2 aromatic rings. The lowest BCUT2D eigenvalue weighted by atomic mass is 10.1. The molecule has 0 atom stereocenters. The van der Waals surface area contributed by atoms with Gasteiger partial charge in [-0.2, -0.15) is 0 Å². The SMILES string of the molecule is Cc1coc(CCC(=O)CCc2cc(C)co2)c1. The Balaban J connectivity index is 1.72. The molecule has 96 valence electrons. The third kappa shape index (κ3) is 3.62. The van der Waals surface area contributed by atoms with Gasteiger partial charge >= 0.3 is 0 Å². The van der Waals surface area contributed by atoms with Crippen LogP contribution in [0.25, 0.3) is 0 Å². The van der Waals surface area contributed by atoms with E-state index in [1.807, 2.05) is 26.0 Å². The van der Waals surface area contributed by atoms with E-state index in [1.54, 1.807) is 12.5 Å². The van der Waals surface area contributed by atoms with Crippen LogP contribution in [-0.2, 0) is 17.6 Å². The van der Waals surface area contributed by atoms with Gasteiger partial charge in [0.05, 0.1) is 12.5 Å². The smallest absolute Gasteiger partial charge is 0.133 e. The van der Waals surface area contributed by atoms with Crippen molar-refractivity contribution < 1.29 is 13.6 Å². The van der Waals surface area contributed by atoms with E-state index in [1.165, 1.54) is 0 Å². The fourth-order valence-electron chi connectivity index (χ4n) is 1.89. The number of hydrogen-bond acceptors (Lipinski definition) is 3. The first kappa shape index (κ1) is 12.7. The summed E-state index contributed by atoms with van der Waals surface area (Å²) in [5.41, 5.74) is 2.20. The second kappa shape index (κ2) is 5.71. The van der Waals surface area contributed by atoms with Crippen LogP contribution >= 0.6 is 0 Å². The van der Waals surface area contributed by atoms with Crippen LogP contribution in [0.2, 0.25) is 0 Å². The number of aryl methyl sites for hydroxylation is 4. The summed E-state index contributed by atoms with van der Waals surface area (Å²) in [5.74, 6) is 2.02. The number of Topliss-reactive ketones (excluding diaryl/α,β-unsaturated/α-hetero) is 1. The van der Waals surface area contributed by atoms with Gasteiger partial charge in [0.1, 0.15) is 17.3 Å². The normalized spacial score (nSPS) is 10.8. The van der Waals surface area contributed by atoms with E-state index in [0.29, 0.717) is 25.7 Å². The largest absolute Gasteiger partial charge is 0.469 e. The molecule has 0 bridgehead atoms. The molecule has 0 radical (unpaired) electrons. The van der Waals surface area contributed by atoms with Gasteiger partial charge in [0.2, 0.25) is 0 Å². The highest BCUT2D eigenvalue weighted by Crippen LogP contribution is 2.12. The van der Waals surface area contributed by atoms with Crippen molar-refractivity contribution in [3.8, 4) is 0 Å². The van der Waals surface area contributed by atoms with Crippen LogP contribution in [0.3, 0.4) is 0 Å². The molecule has 0 saturated carbocycles. The van der Waals surface area contributed by atoms with Crippen LogP contribution in [0.15, 0.2) is 33.5 Å². The van der Waals surface area contributed by atoms with Crippen molar-refractivity contribution in [2.24, 2.45) is 0 Å². The van der Waals surface area contributed by atoms with Crippen molar-refractivity contribution in [3.05, 3.63) is 47.3 Å². The van der Waals surface area contributed by atoms with E-state index in [4.69, 9.17) is 8.83 Å². The Morgan fingerprint density at radius 1 is 0.944 bits per heavy atom. The van der Waals surface area contributed by atoms with Crippen LogP contribution in [0.1, 0.15) is 35.5 Å². The van der Waals surface area contributed by atoms with Gasteiger partial charge in [-0.3, -0.25) is 4.79 Å². The standard InChI is InChI=1S/C15H18O3/c1-11-7-14(17-9-11)5-3-13(16)4-6-15-8-12(2)10-18-15/h7-10H,3-6H2,1-2H3. The van der Waals surface area contributed by atoms with Crippen molar-refractivity contribution in [2.45, 2.75) is 39.5 Å². The van der Waals surface area contributed by atoms with Gasteiger partial charge in [0.15, 0.2) is 0 Å². The zero-order chi connectivity index (χ0) is 13.0. The van der Waals surface area contributed by atoms with Crippen molar-refractivity contribution in [2.75, 3.05) is 0 Å². The molecule has 0 aliphatic carbocycles. The lowest BCUT2D eigenvalue weighted by Crippen LogP contribution is -2.01. The molecule has 0 aromatic carbocycles. The van der Waals surface area contributed by atoms with Gasteiger partial charge in [-0.25, -0.2) is 0 Å². The van der Waals surface area contributed by atoms with Crippen molar-refractivity contribution in [1.29, 1.82) is 0 Å². The highest BCUT2D eigenvalue weighted by atomic mass is 16.3. The Morgan fingerprint density at radius 3 is 1.72 bits per heavy atom. The molecule has 0 unspecified atom stereocenters. The topological polar surface area (TPSA) is 43.4 Å². The average molecular weight is 246 g/mol. The van der Waals surface area contributed by atoms with E-state index in [-0.39, 0.29) is 5.78 Å². The molecular formula is C15H18O3. The average Bonchev–Trinajstić information content (AvgIpc) is 2.93. The second-order valence-electron chi connectivity index (χ2n) is 4.72. The second-order valence-corrected chi connectivity index (χ2v) is 4.72. The maximum atomic E-state index is 11.7. The van der Waals surface area contributed by atoms with E-state index >= 15 is 0 Å². The predicted octanol–water partition coefficient (Wildman–Crippen LogP) is 3.62. The summed E-state index contributed by atoms with van der Waals surface area (Å²) >= 11 is 0. The lowest BCUT2D eigenvalue weighted by Gasteiger charge is -1.98. The third-order valence-corrected chi connectivity index (χ3v) is 2.87. The molecule has 2 heterocycles. The highest BCUT2D eigenvalue weighted by molar-refractivity contribution is 5.78. The maximum absolute atomic E-state index is 11.7. The summed E-state index contributed by atoms with van der Waals surface area (Å²) in [5, 5.41) is 0. The van der Waals surface area contributed by atoms with E-state index in [9.17, 15) is 4.79 Å². The molecule has 3 nitrogen and oxygen atoms in total. The van der Waals surface area contributed by atoms with E-state index in [0.717, 1.165) is 22.6 Å². The summed E-state index contributed by atoms with van der Waals surface area (Å²) < 4.78 is 10.6. The Bertz CT molecular complexity index is 473. The van der Waals surface area contributed by atoms with Crippen LogP contribution in [0.4, 0.5) is 0 Å². The lowest BCUT2D eigenvalue weighted by molar-refractivity contribution is -0.119. The van der Waals surface area contributed by atoms with Gasteiger partial charge < -0.3 is 8.83 Å². The van der Waals surface area contributed by atoms with Crippen LogP contribution in [-0.4, -0.2) is 5.78 Å². The zero-order valence-electron chi connectivity index (χ0n) is 10.9. The predicted molar refractivity (Wildman–Crippen MR) is 68.5 cm³/mol. The minimum atomic E-state index is 0.248. The van der Waals surface area contributed by atoms with Gasteiger partial charge in [0.25, 0.3) is 0 Å². The van der Waals surface area contributed by atoms with Crippen LogP contribution in [0.5, 0.6) is 0 Å². The van der Waals surface area contributed by atoms with Gasteiger partial charge in [-0.05, 0) is 37.1 Å². The molecular weight excluding hydrogens is 228 g/mol. The first-order valence-electron chi connectivity index (χ1n) is 6.23. The Labute approximate surface area is 107 Å². The fourth-order valence-corrected chi connectivity index (χ4v) is 1.89. The monoisotopic (exact) mass is 246 g/mol. The van der Waals surface area contributed by atoms with Crippen molar-refractivity contribution in [1.82, 2.24) is 0 Å². The molecule has 0 aliphatic heterocycles. The zero-order valence-corrected chi connectivity index (χ0v) is 10.9. The van der Waals surface area contributed by atoms with Crippen molar-refractivity contribution >= 4 is 5.78 Å². The number of carbonyl (C=O) groups excluding carboxylic acids is 1. The van der Waals surface area contributed by atoms with Crippen molar-refractivity contribution in [3.63, 3.8) is 0 Å². The summed E-state index contributed by atoms with van der Waals surface area (Å²) in [4.78, 5) is 11.7. The van der Waals surface area contributed by atoms with Gasteiger partial charge in [-0.1, -0.05) is 0 Å². The number of rotatable bonds is 6. The number of carbonyl (C=O) groups is 1. The fraction of sp³-hybridized carbons (Fsp3) is 0.400. The minimum Gasteiger partial charge on any atom is -0.469 e. The quantitative estimate of drug-likeness (QED) is 0.781. The van der Waals surface area contributed by atoms with Gasteiger partial charge in [0, 0.05) is 25.7 Å². The molecule has 0 aliphatic rings. The van der Waals surface area contributed by atoms with E-state index in [2.05, 4.69) is 0 Å². The van der Waals surface area contributed by atoms with E-state index < -0.39 is 0 Å². The highest BCUT2D eigenvalue weighted by Gasteiger charge is 2.07. The molecule has 0 fully saturated rings. The summed E-state index contributed by atoms with van der Waals surface area (Å²) in [7, 11) is 0. The van der Waals surface area contributed by atoms with Crippen LogP contribution in [0, 0.1) is 13.8 Å². The number of furan rings is 2. The number of ketones is 1. The first-order chi connectivity index (χ1) is 8.63. The minimum absolute atomic E-state index is 0.248. The molecule has 3 heteroatoms. The Kier molecular flexibility index (Phi) is 4.03. The summed E-state index contributed by atoms with van der Waals surface area (Å²) in [6.45, 7) is 3.96. The summed E-state index contributed by atoms with van der Waals surface area (Å²) in [6, 6.07) is 3.95. The maximum Gasteiger partial charge on any atom is 0.133 e. The Morgan fingerprint density at radius 2 is 1.39 bits per heavy atom. The molecule has 0 saturated heterocycles. The number of hydrogen-bond donors (Lipinski definition) is 0. The molecule has 0 N–H and O–H groups in total. The van der Waals surface area contributed by atoms with Gasteiger partial charge in [-0.15, -0.1) is 0 Å². The molecule has 18 heavy (non-hydrogen) atoms. The third-order valence-electron chi connectivity index (χ3n) is 2.87. The first-order valence-corrected chi connectivity index (χ1v) is 6.23. The molecule has 2 aromatic heterocycles. The molecule has 0 spiro atoms. The summed E-state index contributed by atoms with van der Waals surface area (Å²) in [6.07, 6.45) is 5.86. The molecule has 0 amide bonds.